The first kappa shape index (κ1) is 10.7. The molecule has 0 bridgehead atoms. The van der Waals surface area contributed by atoms with Crippen LogP contribution < -0.4 is 15.8 Å². The Morgan fingerprint density at radius 3 is 2.76 bits per heavy atom. The summed E-state index contributed by atoms with van der Waals surface area (Å²) in [6.07, 6.45) is 1.47. The van der Waals surface area contributed by atoms with Crippen LogP contribution in [-0.2, 0) is 0 Å². The molecular formula is C11H17N5O. The number of hydrogen-bond donors (Lipinski definition) is 2. The van der Waals surface area contributed by atoms with Gasteiger partial charge in [0.05, 0.1) is 6.33 Å². The second-order valence-corrected chi connectivity index (χ2v) is 4.61. The molecule has 2 aliphatic rings. The number of H-pyrrole nitrogens is 1. The number of aromatic amines is 1. The maximum absolute atomic E-state index is 11.2. The molecule has 0 spiro atoms. The fraction of sp³-hybridized carbons (Fsp3) is 0.636. The van der Waals surface area contributed by atoms with E-state index >= 15 is 0 Å². The number of piperazine rings is 1. The van der Waals surface area contributed by atoms with Gasteiger partial charge in [-0.3, -0.25) is 9.69 Å². The third-order valence-corrected chi connectivity index (χ3v) is 3.52. The van der Waals surface area contributed by atoms with Gasteiger partial charge in [-0.2, -0.15) is 0 Å². The van der Waals surface area contributed by atoms with Crippen molar-refractivity contribution in [2.45, 2.75) is 6.04 Å². The fourth-order valence-electron chi connectivity index (χ4n) is 2.45. The van der Waals surface area contributed by atoms with E-state index in [0.717, 1.165) is 45.1 Å². The van der Waals surface area contributed by atoms with E-state index in [2.05, 4.69) is 25.1 Å². The van der Waals surface area contributed by atoms with Crippen molar-refractivity contribution in [2.75, 3.05) is 44.2 Å². The van der Waals surface area contributed by atoms with Gasteiger partial charge in [-0.05, 0) is 0 Å². The highest BCUT2D eigenvalue weighted by atomic mass is 16.1. The second-order valence-electron chi connectivity index (χ2n) is 4.61. The Balaban J connectivity index is 1.59. The molecule has 0 aromatic carbocycles. The number of rotatable bonds is 2. The Bertz CT molecular complexity index is 433. The summed E-state index contributed by atoms with van der Waals surface area (Å²) in [7, 11) is 0. The lowest BCUT2D eigenvalue weighted by Gasteiger charge is -2.47. The van der Waals surface area contributed by atoms with Crippen LogP contribution in [0.3, 0.4) is 0 Å². The summed E-state index contributed by atoms with van der Waals surface area (Å²) in [5.74, 6) is 0.792. The first-order valence-corrected chi connectivity index (χ1v) is 6.07. The average molecular weight is 235 g/mol. The number of anilines is 1. The summed E-state index contributed by atoms with van der Waals surface area (Å²) >= 11 is 0. The van der Waals surface area contributed by atoms with Gasteiger partial charge in [0.1, 0.15) is 5.82 Å². The van der Waals surface area contributed by atoms with Crippen molar-refractivity contribution < 1.29 is 0 Å². The van der Waals surface area contributed by atoms with Crippen molar-refractivity contribution in [1.29, 1.82) is 0 Å². The molecule has 0 amide bonds. The zero-order valence-corrected chi connectivity index (χ0v) is 9.72. The topological polar surface area (TPSA) is 64.3 Å². The maximum atomic E-state index is 11.2. The smallest absolute Gasteiger partial charge is 0.252 e. The summed E-state index contributed by atoms with van der Waals surface area (Å²) in [6, 6.07) is 2.19. The molecule has 1 aromatic rings. The molecule has 3 rings (SSSR count). The van der Waals surface area contributed by atoms with Crippen LogP contribution in [0.15, 0.2) is 17.2 Å². The predicted octanol–water partition coefficient (Wildman–Crippen LogP) is -1.14. The van der Waals surface area contributed by atoms with E-state index in [1.165, 1.54) is 6.33 Å². The summed E-state index contributed by atoms with van der Waals surface area (Å²) < 4.78 is 0. The molecule has 17 heavy (non-hydrogen) atoms. The minimum Gasteiger partial charge on any atom is -0.353 e. The van der Waals surface area contributed by atoms with Crippen LogP contribution in [0.5, 0.6) is 0 Å². The van der Waals surface area contributed by atoms with Gasteiger partial charge in [-0.15, -0.1) is 0 Å². The van der Waals surface area contributed by atoms with Crippen molar-refractivity contribution in [1.82, 2.24) is 20.2 Å². The molecule has 0 radical (unpaired) electrons. The molecule has 6 nitrogen and oxygen atoms in total. The lowest BCUT2D eigenvalue weighted by Crippen LogP contribution is -2.63. The molecule has 2 N–H and O–H groups in total. The minimum atomic E-state index is -0.0828. The van der Waals surface area contributed by atoms with Crippen LogP contribution in [0.2, 0.25) is 0 Å². The molecule has 2 aliphatic heterocycles. The van der Waals surface area contributed by atoms with Gasteiger partial charge >= 0.3 is 0 Å². The number of hydrogen-bond acceptors (Lipinski definition) is 5. The second kappa shape index (κ2) is 4.46. The number of nitrogens with one attached hydrogen (secondary N) is 2. The number of nitrogens with zero attached hydrogens (tertiary/aromatic N) is 3. The fourth-order valence-corrected chi connectivity index (χ4v) is 2.45. The number of aromatic nitrogens is 2. The van der Waals surface area contributed by atoms with Crippen molar-refractivity contribution in [3.05, 3.63) is 22.7 Å². The van der Waals surface area contributed by atoms with Gasteiger partial charge in [-0.25, -0.2) is 4.98 Å². The SMILES string of the molecule is O=c1cc(N2CC(N3CCNCC3)C2)nc[nH]1. The summed E-state index contributed by atoms with van der Waals surface area (Å²) in [5.41, 5.74) is -0.0828. The Labute approximate surface area is 99.6 Å². The maximum Gasteiger partial charge on any atom is 0.252 e. The zero-order valence-electron chi connectivity index (χ0n) is 9.72. The highest BCUT2D eigenvalue weighted by Gasteiger charge is 2.32. The summed E-state index contributed by atoms with van der Waals surface area (Å²) in [6.45, 7) is 6.38. The first-order chi connectivity index (χ1) is 8.33. The molecule has 3 heterocycles. The highest BCUT2D eigenvalue weighted by Crippen LogP contribution is 2.20. The van der Waals surface area contributed by atoms with Crippen molar-refractivity contribution in [3.8, 4) is 0 Å². The Kier molecular flexibility index (Phi) is 2.82. The molecule has 1 aromatic heterocycles. The lowest BCUT2D eigenvalue weighted by atomic mass is 10.1. The summed E-state index contributed by atoms with van der Waals surface area (Å²) in [5, 5.41) is 3.36. The van der Waals surface area contributed by atoms with Gasteiger partial charge in [0.25, 0.3) is 5.56 Å². The molecule has 0 saturated carbocycles. The van der Waals surface area contributed by atoms with Crippen LogP contribution in [-0.4, -0.2) is 60.2 Å². The van der Waals surface area contributed by atoms with Crippen molar-refractivity contribution in [3.63, 3.8) is 0 Å². The highest BCUT2D eigenvalue weighted by molar-refractivity contribution is 5.40. The van der Waals surface area contributed by atoms with E-state index in [9.17, 15) is 4.79 Å². The Morgan fingerprint density at radius 1 is 1.29 bits per heavy atom. The van der Waals surface area contributed by atoms with E-state index in [1.54, 1.807) is 6.07 Å². The monoisotopic (exact) mass is 235 g/mol. The first-order valence-electron chi connectivity index (χ1n) is 6.07. The van der Waals surface area contributed by atoms with Crippen LogP contribution >= 0.6 is 0 Å². The predicted molar refractivity (Wildman–Crippen MR) is 65.3 cm³/mol. The van der Waals surface area contributed by atoms with Crippen LogP contribution in [0.25, 0.3) is 0 Å². The van der Waals surface area contributed by atoms with E-state index in [1.807, 2.05) is 0 Å². The Hall–Kier alpha value is -1.40. The van der Waals surface area contributed by atoms with Crippen LogP contribution in [0.1, 0.15) is 0 Å². The quantitative estimate of drug-likeness (QED) is 0.678. The molecule has 0 atom stereocenters. The third-order valence-electron chi connectivity index (χ3n) is 3.52. The van der Waals surface area contributed by atoms with Gasteiger partial charge in [0.2, 0.25) is 0 Å². The molecule has 0 unspecified atom stereocenters. The minimum absolute atomic E-state index is 0.0828. The third kappa shape index (κ3) is 2.18. The zero-order chi connectivity index (χ0) is 11.7. The van der Waals surface area contributed by atoms with Crippen LogP contribution in [0.4, 0.5) is 5.82 Å². The summed E-state index contributed by atoms with van der Waals surface area (Å²) in [4.78, 5) is 22.6. The largest absolute Gasteiger partial charge is 0.353 e. The van der Waals surface area contributed by atoms with E-state index < -0.39 is 0 Å². The van der Waals surface area contributed by atoms with Gasteiger partial charge in [0, 0.05) is 51.4 Å². The van der Waals surface area contributed by atoms with E-state index in [4.69, 9.17) is 0 Å². The molecule has 92 valence electrons. The van der Waals surface area contributed by atoms with Gasteiger partial charge < -0.3 is 15.2 Å². The molecule has 2 fully saturated rings. The lowest BCUT2D eigenvalue weighted by molar-refractivity contribution is 0.147. The van der Waals surface area contributed by atoms with E-state index in [-0.39, 0.29) is 5.56 Å². The van der Waals surface area contributed by atoms with E-state index in [0.29, 0.717) is 6.04 Å². The standard InChI is InChI=1S/C11H17N5O/c17-11-5-10(13-8-14-11)16-6-9(7-16)15-3-1-12-2-4-15/h5,8-9,12H,1-4,6-7H2,(H,13,14,17). The average Bonchev–Trinajstić information content (AvgIpc) is 2.28. The Morgan fingerprint density at radius 2 is 2.06 bits per heavy atom. The molecule has 0 aliphatic carbocycles. The van der Waals surface area contributed by atoms with Crippen LogP contribution in [0, 0.1) is 0 Å². The van der Waals surface area contributed by atoms with Crippen molar-refractivity contribution in [2.24, 2.45) is 0 Å². The normalized spacial score (nSPS) is 22.5. The van der Waals surface area contributed by atoms with Gasteiger partial charge in [-0.1, -0.05) is 0 Å². The molecular weight excluding hydrogens is 218 g/mol. The van der Waals surface area contributed by atoms with Crippen molar-refractivity contribution >= 4 is 5.82 Å². The van der Waals surface area contributed by atoms with Gasteiger partial charge in [0.15, 0.2) is 0 Å². The molecule has 6 heteroatoms. The molecule has 2 saturated heterocycles.